The van der Waals surface area contributed by atoms with Crippen molar-refractivity contribution in [2.75, 3.05) is 31.6 Å². The van der Waals surface area contributed by atoms with Gasteiger partial charge in [-0.15, -0.1) is 0 Å². The summed E-state index contributed by atoms with van der Waals surface area (Å²) in [7, 11) is 1.92. The average molecular weight is 292 g/mol. The van der Waals surface area contributed by atoms with Crippen molar-refractivity contribution in [1.29, 1.82) is 0 Å². The van der Waals surface area contributed by atoms with Gasteiger partial charge in [0.15, 0.2) is 0 Å². The van der Waals surface area contributed by atoms with Gasteiger partial charge in [0, 0.05) is 24.7 Å². The molecule has 2 rings (SSSR count). The van der Waals surface area contributed by atoms with Gasteiger partial charge in [-0.3, -0.25) is 14.9 Å². The number of nitro groups is 1. The molecule has 21 heavy (non-hydrogen) atoms. The number of anilines is 1. The molecular formula is C14H20N4O3. The van der Waals surface area contributed by atoms with Crippen LogP contribution in [-0.4, -0.2) is 37.5 Å². The minimum absolute atomic E-state index is 0.0204. The van der Waals surface area contributed by atoms with E-state index in [4.69, 9.17) is 5.73 Å². The lowest BCUT2D eigenvalue weighted by atomic mass is 9.96. The van der Waals surface area contributed by atoms with Crippen molar-refractivity contribution in [2.24, 2.45) is 11.7 Å². The highest BCUT2D eigenvalue weighted by atomic mass is 16.6. The second-order valence-corrected chi connectivity index (χ2v) is 5.31. The fraction of sp³-hybridized carbons (Fsp3) is 0.500. The van der Waals surface area contributed by atoms with E-state index in [9.17, 15) is 14.9 Å². The van der Waals surface area contributed by atoms with Gasteiger partial charge in [-0.25, -0.2) is 0 Å². The third kappa shape index (κ3) is 3.49. The third-order valence-electron chi connectivity index (χ3n) is 3.90. The lowest BCUT2D eigenvalue weighted by Gasteiger charge is -2.33. The van der Waals surface area contributed by atoms with E-state index in [-0.39, 0.29) is 5.69 Å². The van der Waals surface area contributed by atoms with Crippen LogP contribution in [0.5, 0.6) is 0 Å². The van der Waals surface area contributed by atoms with Gasteiger partial charge in [-0.05, 0) is 44.5 Å². The molecule has 1 amide bonds. The Morgan fingerprint density at radius 3 is 2.67 bits per heavy atom. The van der Waals surface area contributed by atoms with Gasteiger partial charge in [-0.2, -0.15) is 0 Å². The molecule has 1 aliphatic heterocycles. The van der Waals surface area contributed by atoms with E-state index in [1.807, 2.05) is 11.9 Å². The Kier molecular flexibility index (Phi) is 4.74. The highest BCUT2D eigenvalue weighted by molar-refractivity contribution is 5.94. The van der Waals surface area contributed by atoms with Crippen LogP contribution in [0.25, 0.3) is 0 Å². The van der Waals surface area contributed by atoms with Gasteiger partial charge in [0.2, 0.25) is 5.91 Å². The number of nitrogens with two attached hydrogens (primary N) is 1. The Balaban J connectivity index is 2.23. The molecule has 0 aliphatic carbocycles. The van der Waals surface area contributed by atoms with E-state index in [0.29, 0.717) is 17.2 Å². The topological polar surface area (TPSA) is 102 Å². The molecule has 1 aromatic carbocycles. The van der Waals surface area contributed by atoms with Gasteiger partial charge < -0.3 is 16.0 Å². The van der Waals surface area contributed by atoms with Crippen molar-refractivity contribution in [3.05, 3.63) is 33.9 Å². The molecule has 1 aliphatic rings. The predicted octanol–water partition coefficient (Wildman–Crippen LogP) is 1.13. The van der Waals surface area contributed by atoms with E-state index in [1.165, 1.54) is 18.2 Å². The summed E-state index contributed by atoms with van der Waals surface area (Å²) in [5.74, 6) is 0.0147. The molecule has 1 fully saturated rings. The van der Waals surface area contributed by atoms with E-state index in [2.05, 4.69) is 5.32 Å². The first-order chi connectivity index (χ1) is 10.0. The molecule has 1 heterocycles. The number of carbonyl (C=O) groups is 1. The molecule has 0 spiro atoms. The molecule has 0 unspecified atom stereocenters. The lowest BCUT2D eigenvalue weighted by molar-refractivity contribution is -0.384. The minimum Gasteiger partial charge on any atom is -0.366 e. The number of piperidine rings is 1. The first kappa shape index (κ1) is 15.2. The minimum atomic E-state index is -0.573. The Labute approximate surface area is 123 Å². The van der Waals surface area contributed by atoms with Crippen LogP contribution in [-0.2, 0) is 0 Å². The maximum absolute atomic E-state index is 11.3. The Bertz CT molecular complexity index is 539. The molecule has 0 saturated carbocycles. The standard InChI is InChI=1S/C14H20N4O3/c1-16-9-10-4-6-17(7-5-10)13-8-11(14(15)19)2-3-12(13)18(20)21/h2-3,8,10,16H,4-7,9H2,1H3,(H2,15,19). The third-order valence-corrected chi connectivity index (χ3v) is 3.90. The van der Waals surface area contributed by atoms with Crippen LogP contribution in [0.2, 0.25) is 0 Å². The number of rotatable bonds is 5. The molecule has 7 nitrogen and oxygen atoms in total. The van der Waals surface area contributed by atoms with Crippen LogP contribution in [0.1, 0.15) is 23.2 Å². The van der Waals surface area contributed by atoms with Crippen LogP contribution >= 0.6 is 0 Å². The van der Waals surface area contributed by atoms with Crippen molar-refractivity contribution >= 4 is 17.3 Å². The number of amides is 1. The van der Waals surface area contributed by atoms with Crippen molar-refractivity contribution in [1.82, 2.24) is 5.32 Å². The highest BCUT2D eigenvalue weighted by Crippen LogP contribution is 2.32. The zero-order valence-electron chi connectivity index (χ0n) is 12.0. The van der Waals surface area contributed by atoms with Crippen LogP contribution in [0, 0.1) is 16.0 Å². The average Bonchev–Trinajstić information content (AvgIpc) is 2.47. The van der Waals surface area contributed by atoms with E-state index >= 15 is 0 Å². The monoisotopic (exact) mass is 292 g/mol. The summed E-state index contributed by atoms with van der Waals surface area (Å²) in [6.07, 6.45) is 1.94. The van der Waals surface area contributed by atoms with Crippen molar-refractivity contribution in [2.45, 2.75) is 12.8 Å². The SMILES string of the molecule is CNCC1CCN(c2cc(C(N)=O)ccc2[N+](=O)[O-])CC1. The molecule has 3 N–H and O–H groups in total. The van der Waals surface area contributed by atoms with Gasteiger partial charge in [0.25, 0.3) is 5.69 Å². The van der Waals surface area contributed by atoms with Crippen molar-refractivity contribution in [3.63, 3.8) is 0 Å². The summed E-state index contributed by atoms with van der Waals surface area (Å²) >= 11 is 0. The maximum Gasteiger partial charge on any atom is 0.292 e. The smallest absolute Gasteiger partial charge is 0.292 e. The van der Waals surface area contributed by atoms with Crippen LogP contribution < -0.4 is 16.0 Å². The van der Waals surface area contributed by atoms with E-state index in [1.54, 1.807) is 0 Å². The number of hydrogen-bond donors (Lipinski definition) is 2. The normalized spacial score (nSPS) is 16.0. The van der Waals surface area contributed by atoms with Gasteiger partial charge >= 0.3 is 0 Å². The molecule has 1 saturated heterocycles. The van der Waals surface area contributed by atoms with Crippen molar-refractivity contribution < 1.29 is 9.72 Å². The number of nitrogens with one attached hydrogen (secondary N) is 1. The zero-order valence-corrected chi connectivity index (χ0v) is 12.0. The molecule has 1 aromatic rings. The Hall–Kier alpha value is -2.15. The number of benzene rings is 1. The van der Waals surface area contributed by atoms with E-state index < -0.39 is 10.8 Å². The molecule has 114 valence electrons. The fourth-order valence-electron chi connectivity index (χ4n) is 2.75. The number of nitro benzene ring substituents is 1. The van der Waals surface area contributed by atoms with Gasteiger partial charge in [0.1, 0.15) is 5.69 Å². The van der Waals surface area contributed by atoms with Gasteiger partial charge in [-0.1, -0.05) is 0 Å². The second-order valence-electron chi connectivity index (χ2n) is 5.31. The first-order valence-corrected chi connectivity index (χ1v) is 7.00. The summed E-state index contributed by atoms with van der Waals surface area (Å²) < 4.78 is 0. The summed E-state index contributed by atoms with van der Waals surface area (Å²) in [5, 5.41) is 14.3. The summed E-state index contributed by atoms with van der Waals surface area (Å²) in [6.45, 7) is 2.45. The molecule has 0 atom stereocenters. The Morgan fingerprint density at radius 2 is 2.14 bits per heavy atom. The van der Waals surface area contributed by atoms with E-state index in [0.717, 1.165) is 32.5 Å². The van der Waals surface area contributed by atoms with Crippen molar-refractivity contribution in [3.8, 4) is 0 Å². The number of hydrogen-bond acceptors (Lipinski definition) is 5. The second kappa shape index (κ2) is 6.53. The molecule has 0 aromatic heterocycles. The van der Waals surface area contributed by atoms with Crippen LogP contribution in [0.15, 0.2) is 18.2 Å². The molecule has 7 heteroatoms. The molecule has 0 radical (unpaired) electrons. The van der Waals surface area contributed by atoms with Crippen LogP contribution in [0.3, 0.4) is 0 Å². The Morgan fingerprint density at radius 1 is 1.48 bits per heavy atom. The number of primary amides is 1. The summed E-state index contributed by atoms with van der Waals surface area (Å²) in [5.41, 5.74) is 6.07. The molecular weight excluding hydrogens is 272 g/mol. The highest BCUT2D eigenvalue weighted by Gasteiger charge is 2.25. The zero-order chi connectivity index (χ0) is 15.4. The maximum atomic E-state index is 11.3. The largest absolute Gasteiger partial charge is 0.366 e. The molecule has 0 bridgehead atoms. The fourth-order valence-corrected chi connectivity index (χ4v) is 2.75. The number of carbonyl (C=O) groups excluding carboxylic acids is 1. The van der Waals surface area contributed by atoms with Gasteiger partial charge in [0.05, 0.1) is 4.92 Å². The number of nitrogens with zero attached hydrogens (tertiary/aromatic N) is 2. The first-order valence-electron chi connectivity index (χ1n) is 7.00. The quantitative estimate of drug-likeness (QED) is 0.625. The van der Waals surface area contributed by atoms with Crippen LogP contribution in [0.4, 0.5) is 11.4 Å². The lowest BCUT2D eigenvalue weighted by Crippen LogP contribution is -2.37. The summed E-state index contributed by atoms with van der Waals surface area (Å²) in [4.78, 5) is 24.0. The predicted molar refractivity (Wildman–Crippen MR) is 80.5 cm³/mol. The summed E-state index contributed by atoms with van der Waals surface area (Å²) in [6, 6.07) is 4.28.